The molecular formula is C13H11F3N2O3S. The Balaban J connectivity index is 2.22. The second kappa shape index (κ2) is 6.32. The van der Waals surface area contributed by atoms with Gasteiger partial charge >= 0.3 is 6.36 Å². The van der Waals surface area contributed by atoms with E-state index in [0.29, 0.717) is 5.69 Å². The van der Waals surface area contributed by atoms with Crippen LogP contribution in [-0.4, -0.2) is 19.8 Å². The number of nitrogens with zero attached hydrogens (tertiary/aromatic N) is 1. The van der Waals surface area contributed by atoms with E-state index in [1.165, 1.54) is 18.3 Å². The Hall–Kier alpha value is -2.13. The van der Waals surface area contributed by atoms with E-state index in [4.69, 9.17) is 0 Å². The minimum absolute atomic E-state index is 0.149. The number of aromatic nitrogens is 1. The first-order chi connectivity index (χ1) is 10.3. The third-order valence-electron chi connectivity index (χ3n) is 2.53. The molecule has 118 valence electrons. The van der Waals surface area contributed by atoms with E-state index in [0.717, 1.165) is 12.1 Å². The van der Waals surface area contributed by atoms with Gasteiger partial charge in [-0.3, -0.25) is 4.98 Å². The quantitative estimate of drug-likeness (QED) is 0.913. The fourth-order valence-electron chi connectivity index (χ4n) is 1.63. The summed E-state index contributed by atoms with van der Waals surface area (Å²) in [5, 5.41) is 0. The topological polar surface area (TPSA) is 68.3 Å². The van der Waals surface area contributed by atoms with Crippen LogP contribution in [0.25, 0.3) is 0 Å². The molecule has 2 aromatic rings. The zero-order valence-electron chi connectivity index (χ0n) is 11.0. The second-order valence-electron chi connectivity index (χ2n) is 4.14. The van der Waals surface area contributed by atoms with Crippen LogP contribution in [0.3, 0.4) is 0 Å². The van der Waals surface area contributed by atoms with Crippen molar-refractivity contribution < 1.29 is 26.3 Å². The fourth-order valence-corrected chi connectivity index (χ4v) is 2.76. The van der Waals surface area contributed by atoms with Crippen molar-refractivity contribution in [3.8, 4) is 5.75 Å². The number of alkyl halides is 3. The van der Waals surface area contributed by atoms with Gasteiger partial charge in [0, 0.05) is 6.20 Å². The molecule has 5 nitrogen and oxygen atoms in total. The first kappa shape index (κ1) is 16.2. The van der Waals surface area contributed by atoms with Crippen LogP contribution in [0.4, 0.5) is 13.2 Å². The molecule has 0 saturated heterocycles. The minimum Gasteiger partial charge on any atom is -0.404 e. The number of sulfonamides is 1. The normalized spacial score (nSPS) is 12.1. The molecule has 0 radical (unpaired) electrons. The Morgan fingerprint density at radius 1 is 1.09 bits per heavy atom. The van der Waals surface area contributed by atoms with Crippen LogP contribution in [0.1, 0.15) is 5.69 Å². The number of hydrogen-bond donors (Lipinski definition) is 1. The molecule has 0 aliphatic heterocycles. The Morgan fingerprint density at radius 2 is 1.77 bits per heavy atom. The van der Waals surface area contributed by atoms with Crippen molar-refractivity contribution >= 4 is 10.0 Å². The van der Waals surface area contributed by atoms with Gasteiger partial charge < -0.3 is 4.74 Å². The third-order valence-corrected chi connectivity index (χ3v) is 3.97. The number of ether oxygens (including phenoxy) is 1. The molecule has 1 aromatic carbocycles. The van der Waals surface area contributed by atoms with Crippen LogP contribution < -0.4 is 9.46 Å². The molecule has 1 N–H and O–H groups in total. The summed E-state index contributed by atoms with van der Waals surface area (Å²) >= 11 is 0. The van der Waals surface area contributed by atoms with Crippen molar-refractivity contribution in [1.82, 2.24) is 9.71 Å². The van der Waals surface area contributed by atoms with Gasteiger partial charge in [0.05, 0.1) is 12.2 Å². The lowest BCUT2D eigenvalue weighted by molar-refractivity contribution is -0.275. The largest absolute Gasteiger partial charge is 0.573 e. The van der Waals surface area contributed by atoms with Gasteiger partial charge in [0.15, 0.2) is 0 Å². The van der Waals surface area contributed by atoms with Gasteiger partial charge in [-0.05, 0) is 24.3 Å². The lowest BCUT2D eigenvalue weighted by atomic mass is 10.3. The monoisotopic (exact) mass is 332 g/mol. The first-order valence-corrected chi connectivity index (χ1v) is 7.50. The number of hydrogen-bond acceptors (Lipinski definition) is 4. The molecule has 0 aliphatic carbocycles. The van der Waals surface area contributed by atoms with Gasteiger partial charge in [0.2, 0.25) is 10.0 Å². The summed E-state index contributed by atoms with van der Waals surface area (Å²) in [7, 11) is -4.18. The van der Waals surface area contributed by atoms with Gasteiger partial charge in [-0.15, -0.1) is 13.2 Å². The van der Waals surface area contributed by atoms with Crippen LogP contribution >= 0.6 is 0 Å². The van der Waals surface area contributed by atoms with Crippen LogP contribution in [0.5, 0.6) is 5.75 Å². The molecule has 1 aromatic heterocycles. The van der Waals surface area contributed by atoms with Gasteiger partial charge in [0.1, 0.15) is 10.6 Å². The highest BCUT2D eigenvalue weighted by Crippen LogP contribution is 2.29. The van der Waals surface area contributed by atoms with Crippen LogP contribution in [0, 0.1) is 0 Å². The number of halogens is 3. The molecule has 0 fully saturated rings. The maximum absolute atomic E-state index is 12.3. The molecule has 22 heavy (non-hydrogen) atoms. The molecule has 0 bridgehead atoms. The summed E-state index contributed by atoms with van der Waals surface area (Å²) in [6, 6.07) is 9.42. The molecule has 2 rings (SSSR count). The standard InChI is InChI=1S/C13H11F3N2O3S/c14-13(15,16)21-11-6-1-2-7-12(11)22(19,20)18-9-10-5-3-4-8-17-10/h1-8,18H,9H2. The minimum atomic E-state index is -4.98. The second-order valence-corrected chi connectivity index (χ2v) is 5.88. The summed E-state index contributed by atoms with van der Waals surface area (Å²) in [5.74, 6) is -0.788. The highest BCUT2D eigenvalue weighted by atomic mass is 32.2. The Bertz CT molecular complexity index is 734. The molecule has 0 spiro atoms. The van der Waals surface area contributed by atoms with Crippen molar-refractivity contribution in [2.75, 3.05) is 0 Å². The van der Waals surface area contributed by atoms with Crippen molar-refractivity contribution in [2.24, 2.45) is 0 Å². The number of benzene rings is 1. The third kappa shape index (κ3) is 4.43. The summed E-state index contributed by atoms with van der Waals surface area (Å²) in [6.07, 6.45) is -3.50. The van der Waals surface area contributed by atoms with Crippen molar-refractivity contribution in [3.63, 3.8) is 0 Å². The highest BCUT2D eigenvalue weighted by molar-refractivity contribution is 7.89. The lowest BCUT2D eigenvalue weighted by Gasteiger charge is -2.13. The van der Waals surface area contributed by atoms with E-state index in [9.17, 15) is 21.6 Å². The predicted molar refractivity (Wildman–Crippen MR) is 71.4 cm³/mol. The molecule has 0 saturated carbocycles. The average Bonchev–Trinajstić information content (AvgIpc) is 2.45. The number of nitrogens with one attached hydrogen (secondary N) is 1. The number of rotatable bonds is 5. The highest BCUT2D eigenvalue weighted by Gasteiger charge is 2.33. The molecule has 0 aliphatic rings. The summed E-state index contributed by atoms with van der Waals surface area (Å²) in [4.78, 5) is 3.32. The average molecular weight is 332 g/mol. The zero-order valence-corrected chi connectivity index (χ0v) is 11.9. The molecule has 9 heteroatoms. The van der Waals surface area contributed by atoms with Crippen LogP contribution in [-0.2, 0) is 16.6 Å². The maximum Gasteiger partial charge on any atom is 0.573 e. The van der Waals surface area contributed by atoms with E-state index < -0.39 is 27.0 Å². The van der Waals surface area contributed by atoms with Crippen molar-refractivity contribution in [3.05, 3.63) is 54.4 Å². The van der Waals surface area contributed by atoms with E-state index in [-0.39, 0.29) is 6.54 Å². The molecular weight excluding hydrogens is 321 g/mol. The van der Waals surface area contributed by atoms with E-state index in [2.05, 4.69) is 14.4 Å². The van der Waals surface area contributed by atoms with Gasteiger partial charge in [-0.25, -0.2) is 13.1 Å². The number of para-hydroxylation sites is 1. The van der Waals surface area contributed by atoms with E-state index in [1.54, 1.807) is 18.2 Å². The molecule has 1 heterocycles. The fraction of sp³-hybridized carbons (Fsp3) is 0.154. The summed E-state index contributed by atoms with van der Waals surface area (Å²) in [6.45, 7) is -0.149. The van der Waals surface area contributed by atoms with Crippen LogP contribution in [0.15, 0.2) is 53.6 Å². The lowest BCUT2D eigenvalue weighted by Crippen LogP contribution is -2.26. The van der Waals surface area contributed by atoms with Gasteiger partial charge in [-0.2, -0.15) is 0 Å². The molecule has 0 amide bonds. The van der Waals surface area contributed by atoms with Crippen molar-refractivity contribution in [2.45, 2.75) is 17.8 Å². The Kier molecular flexibility index (Phi) is 4.67. The van der Waals surface area contributed by atoms with E-state index in [1.807, 2.05) is 0 Å². The van der Waals surface area contributed by atoms with E-state index >= 15 is 0 Å². The summed E-state index contributed by atoms with van der Waals surface area (Å²) < 4.78 is 67.1. The zero-order chi connectivity index (χ0) is 16.2. The van der Waals surface area contributed by atoms with Gasteiger partial charge in [0.25, 0.3) is 0 Å². The predicted octanol–water partition coefficient (Wildman–Crippen LogP) is 2.46. The van der Waals surface area contributed by atoms with Crippen molar-refractivity contribution in [1.29, 1.82) is 0 Å². The SMILES string of the molecule is O=S(=O)(NCc1ccccn1)c1ccccc1OC(F)(F)F. The molecule has 0 unspecified atom stereocenters. The smallest absolute Gasteiger partial charge is 0.404 e. The Labute approximate surface area is 124 Å². The summed E-state index contributed by atoms with van der Waals surface area (Å²) in [5.41, 5.74) is 0.431. The maximum atomic E-state index is 12.3. The number of pyridine rings is 1. The van der Waals surface area contributed by atoms with Crippen LogP contribution in [0.2, 0.25) is 0 Å². The van der Waals surface area contributed by atoms with Gasteiger partial charge in [-0.1, -0.05) is 18.2 Å². The first-order valence-electron chi connectivity index (χ1n) is 6.02. The molecule has 0 atom stereocenters. The Morgan fingerprint density at radius 3 is 2.41 bits per heavy atom.